The van der Waals surface area contributed by atoms with E-state index in [1.165, 1.54) is 0 Å². The number of hydrogen-bond acceptors (Lipinski definition) is 5. The number of hydrogen-bond donors (Lipinski definition) is 1. The van der Waals surface area contributed by atoms with E-state index in [1.807, 2.05) is 38.3 Å². The van der Waals surface area contributed by atoms with Crippen LogP contribution in [0.1, 0.15) is 46.2 Å². The third kappa shape index (κ3) is 3.95. The van der Waals surface area contributed by atoms with Crippen LogP contribution < -0.4 is 10.2 Å². The van der Waals surface area contributed by atoms with Crippen LogP contribution in [-0.2, 0) is 4.74 Å². The van der Waals surface area contributed by atoms with Gasteiger partial charge in [-0.15, -0.1) is 0 Å². The smallest absolute Gasteiger partial charge is 0.408 e. The molecule has 0 unspecified atom stereocenters. The minimum atomic E-state index is -0.493. The lowest BCUT2D eigenvalue weighted by Crippen LogP contribution is -2.54. The fourth-order valence-corrected chi connectivity index (χ4v) is 3.52. The third-order valence-electron chi connectivity index (χ3n) is 4.59. The number of aromatic nitrogens is 3. The van der Waals surface area contributed by atoms with Gasteiger partial charge in [-0.3, -0.25) is 4.40 Å². The van der Waals surface area contributed by atoms with E-state index in [1.54, 1.807) is 6.20 Å². The van der Waals surface area contributed by atoms with Gasteiger partial charge in [0.05, 0.1) is 10.2 Å². The van der Waals surface area contributed by atoms with Gasteiger partial charge in [0.2, 0.25) is 5.95 Å². The molecule has 8 heteroatoms. The van der Waals surface area contributed by atoms with Crippen molar-refractivity contribution in [2.75, 3.05) is 18.0 Å². The number of amides is 1. The van der Waals surface area contributed by atoms with Gasteiger partial charge in [-0.05, 0) is 63.4 Å². The number of carbonyl (C=O) groups is 1. The minimum absolute atomic E-state index is 0.280. The summed E-state index contributed by atoms with van der Waals surface area (Å²) < 4.78 is 8.32. The molecule has 2 aromatic rings. The van der Waals surface area contributed by atoms with Crippen LogP contribution >= 0.6 is 15.9 Å². The average molecular weight is 424 g/mol. The summed E-state index contributed by atoms with van der Waals surface area (Å²) in [6.07, 6.45) is 4.98. The van der Waals surface area contributed by atoms with Crippen molar-refractivity contribution in [3.63, 3.8) is 0 Å². The maximum absolute atomic E-state index is 12.1. The molecule has 1 saturated heterocycles. The summed E-state index contributed by atoms with van der Waals surface area (Å²) >= 11 is 3.56. The number of fused-ring (bicyclic) bond motifs is 1. The number of piperidine rings is 1. The number of rotatable bonds is 2. The molecule has 0 atom stereocenters. The van der Waals surface area contributed by atoms with Crippen LogP contribution in [-0.4, -0.2) is 44.7 Å². The molecule has 1 aliphatic rings. The van der Waals surface area contributed by atoms with Crippen molar-refractivity contribution in [1.82, 2.24) is 19.7 Å². The highest BCUT2D eigenvalue weighted by atomic mass is 79.9. The molecule has 0 saturated carbocycles. The van der Waals surface area contributed by atoms with E-state index < -0.39 is 5.60 Å². The Morgan fingerprint density at radius 3 is 2.62 bits per heavy atom. The fraction of sp³-hybridized carbons (Fsp3) is 0.611. The van der Waals surface area contributed by atoms with Crippen molar-refractivity contribution < 1.29 is 9.53 Å². The highest BCUT2D eigenvalue weighted by molar-refractivity contribution is 9.10. The van der Waals surface area contributed by atoms with Crippen molar-refractivity contribution in [2.24, 2.45) is 0 Å². The number of anilines is 1. The number of aryl methyl sites for hydroxylation is 1. The van der Waals surface area contributed by atoms with Crippen molar-refractivity contribution in [3.05, 3.63) is 22.6 Å². The molecule has 142 valence electrons. The molecule has 7 nitrogen and oxygen atoms in total. The lowest BCUT2D eigenvalue weighted by atomic mass is 9.90. The number of halogens is 1. The highest BCUT2D eigenvalue weighted by Gasteiger charge is 2.34. The third-order valence-corrected chi connectivity index (χ3v) is 5.52. The summed E-state index contributed by atoms with van der Waals surface area (Å²) in [5.74, 6) is 0.887. The van der Waals surface area contributed by atoms with Crippen molar-refractivity contribution >= 4 is 33.6 Å². The first-order chi connectivity index (χ1) is 12.1. The molecule has 3 rings (SSSR count). The summed E-state index contributed by atoms with van der Waals surface area (Å²) in [5.41, 5.74) is 1.01. The Bertz CT molecular complexity index is 819. The average Bonchev–Trinajstić information content (AvgIpc) is 2.99. The van der Waals surface area contributed by atoms with E-state index in [2.05, 4.69) is 38.1 Å². The predicted molar refractivity (Wildman–Crippen MR) is 105 cm³/mol. The van der Waals surface area contributed by atoms with Gasteiger partial charge in [-0.1, -0.05) is 0 Å². The molecule has 26 heavy (non-hydrogen) atoms. The number of carbonyl (C=O) groups excluding carboxylic acids is 1. The van der Waals surface area contributed by atoms with E-state index in [9.17, 15) is 4.79 Å². The summed E-state index contributed by atoms with van der Waals surface area (Å²) in [5, 5.41) is 3.04. The van der Waals surface area contributed by atoms with Crippen molar-refractivity contribution in [2.45, 2.75) is 58.6 Å². The number of ether oxygens (including phenoxy) is 1. The molecule has 2 aromatic heterocycles. The van der Waals surface area contributed by atoms with Gasteiger partial charge in [0.1, 0.15) is 5.60 Å². The molecular formula is C18H26BrN5O2. The van der Waals surface area contributed by atoms with Gasteiger partial charge in [0, 0.05) is 31.0 Å². The number of nitrogens with zero attached hydrogens (tertiary/aromatic N) is 4. The second-order valence-corrected chi connectivity index (χ2v) is 8.90. The van der Waals surface area contributed by atoms with Crippen LogP contribution in [0.5, 0.6) is 0 Å². The van der Waals surface area contributed by atoms with Crippen LogP contribution in [0.15, 0.2) is 16.9 Å². The molecule has 1 amide bonds. The zero-order valence-corrected chi connectivity index (χ0v) is 17.6. The Morgan fingerprint density at radius 2 is 2.00 bits per heavy atom. The molecule has 1 fully saturated rings. The molecule has 3 heterocycles. The van der Waals surface area contributed by atoms with Crippen LogP contribution in [0.3, 0.4) is 0 Å². The van der Waals surface area contributed by atoms with Gasteiger partial charge in [-0.25, -0.2) is 14.8 Å². The highest BCUT2D eigenvalue weighted by Crippen LogP contribution is 2.29. The summed E-state index contributed by atoms with van der Waals surface area (Å²) in [6, 6.07) is 0. The van der Waals surface area contributed by atoms with Gasteiger partial charge in [-0.2, -0.15) is 0 Å². The van der Waals surface area contributed by atoms with Gasteiger partial charge < -0.3 is 15.0 Å². The summed E-state index contributed by atoms with van der Waals surface area (Å²) in [6.45, 7) is 11.3. The summed E-state index contributed by atoms with van der Waals surface area (Å²) in [4.78, 5) is 23.5. The monoisotopic (exact) mass is 423 g/mol. The van der Waals surface area contributed by atoms with Crippen molar-refractivity contribution in [3.8, 4) is 0 Å². The zero-order chi connectivity index (χ0) is 19.1. The first-order valence-corrected chi connectivity index (χ1v) is 9.63. The Kier molecular flexibility index (Phi) is 4.90. The van der Waals surface area contributed by atoms with E-state index in [0.29, 0.717) is 0 Å². The van der Waals surface area contributed by atoms with Gasteiger partial charge in [0.15, 0.2) is 5.65 Å². The minimum Gasteiger partial charge on any atom is -0.444 e. The first kappa shape index (κ1) is 18.9. The van der Waals surface area contributed by atoms with E-state index in [0.717, 1.165) is 47.7 Å². The number of nitrogens with one attached hydrogen (secondary N) is 1. The topological polar surface area (TPSA) is 71.8 Å². The van der Waals surface area contributed by atoms with Crippen LogP contribution in [0.25, 0.3) is 5.65 Å². The Hall–Kier alpha value is -1.83. The first-order valence-electron chi connectivity index (χ1n) is 8.83. The maximum Gasteiger partial charge on any atom is 0.408 e. The number of imidazole rings is 1. The maximum atomic E-state index is 12.1. The lowest BCUT2D eigenvalue weighted by Gasteiger charge is -2.40. The van der Waals surface area contributed by atoms with Crippen molar-refractivity contribution in [1.29, 1.82) is 0 Å². The lowest BCUT2D eigenvalue weighted by molar-refractivity contribution is 0.0448. The molecule has 1 N–H and O–H groups in total. The molecule has 0 spiro atoms. The van der Waals surface area contributed by atoms with E-state index in [4.69, 9.17) is 9.72 Å². The zero-order valence-electron chi connectivity index (χ0n) is 16.0. The molecule has 0 radical (unpaired) electrons. The Labute approximate surface area is 162 Å². The largest absolute Gasteiger partial charge is 0.444 e. The second-order valence-electron chi connectivity index (χ2n) is 8.11. The molecule has 0 aliphatic carbocycles. The molecule has 0 bridgehead atoms. The fourth-order valence-electron chi connectivity index (χ4n) is 3.14. The normalized spacial score (nSPS) is 17.4. The van der Waals surface area contributed by atoms with Crippen LogP contribution in [0.2, 0.25) is 0 Å². The predicted octanol–water partition coefficient (Wildman–Crippen LogP) is 3.68. The number of alkyl carbamates (subject to hydrolysis) is 1. The summed E-state index contributed by atoms with van der Waals surface area (Å²) in [7, 11) is 0. The SMILES string of the molecule is Cc1nc(N2CCC(C)(NC(=O)OC(C)(C)C)CC2)n2ccnc2c1Br. The standard InChI is InChI=1S/C18H26BrN5O2/c1-12-13(19)14-20-8-11-24(14)15(21-12)23-9-6-18(5,7-10-23)22-16(25)26-17(2,3)4/h8,11H,6-7,9-10H2,1-5H3,(H,22,25). The van der Waals surface area contributed by atoms with Gasteiger partial charge in [0.25, 0.3) is 0 Å². The molecular weight excluding hydrogens is 398 g/mol. The van der Waals surface area contributed by atoms with E-state index in [-0.39, 0.29) is 11.6 Å². The quantitative estimate of drug-likeness (QED) is 0.797. The van der Waals surface area contributed by atoms with Crippen LogP contribution in [0, 0.1) is 6.92 Å². The second kappa shape index (κ2) is 6.72. The Morgan fingerprint density at radius 1 is 1.35 bits per heavy atom. The Balaban J connectivity index is 1.72. The van der Waals surface area contributed by atoms with Gasteiger partial charge >= 0.3 is 6.09 Å². The molecule has 1 aliphatic heterocycles. The van der Waals surface area contributed by atoms with E-state index >= 15 is 0 Å². The molecule has 0 aromatic carbocycles. The van der Waals surface area contributed by atoms with Crippen LogP contribution in [0.4, 0.5) is 10.7 Å².